The zero-order valence-electron chi connectivity index (χ0n) is 53.1. The van der Waals surface area contributed by atoms with Gasteiger partial charge in [0.15, 0.2) is 24.2 Å². The van der Waals surface area contributed by atoms with Crippen LogP contribution in [0.15, 0.2) is 35.3 Å². The minimum Gasteiger partial charge on any atom is -0.453 e. The lowest BCUT2D eigenvalue weighted by molar-refractivity contribution is -0.159. The third kappa shape index (κ3) is 25.4. The van der Waals surface area contributed by atoms with Gasteiger partial charge in [0, 0.05) is 6.54 Å². The van der Waals surface area contributed by atoms with E-state index in [2.05, 4.69) is 47.5 Å². The summed E-state index contributed by atoms with van der Waals surface area (Å²) in [5, 5.41) is 68.0. The number of hydrogen-bond donors (Lipinski definition) is 18. The van der Waals surface area contributed by atoms with Gasteiger partial charge in [-0.25, -0.2) is 4.79 Å². The highest BCUT2D eigenvalue weighted by molar-refractivity contribution is 6.00. The molecule has 1 saturated heterocycles. The normalized spacial score (nSPS) is 24.7. The van der Waals surface area contributed by atoms with Crippen LogP contribution in [0.4, 0.5) is 0 Å². The molecule has 1 aromatic carbocycles. The summed E-state index contributed by atoms with van der Waals surface area (Å²) < 4.78 is 5.92. The maximum absolute atomic E-state index is 15.3. The predicted molar refractivity (Wildman–Crippen MR) is 326 cm³/mol. The topological polar surface area (TPSA) is 532 Å². The summed E-state index contributed by atoms with van der Waals surface area (Å²) in [6.45, 7) is 15.3. The van der Waals surface area contributed by atoms with E-state index in [-0.39, 0.29) is 74.3 Å². The van der Waals surface area contributed by atoms with Crippen molar-refractivity contribution < 1.29 is 82.7 Å². The Morgan fingerprint density at radius 2 is 1.19 bits per heavy atom. The van der Waals surface area contributed by atoms with E-state index in [0.717, 1.165) is 6.92 Å². The first-order valence-electron chi connectivity index (χ1n) is 30.1. The molecule has 22 N–H and O–H groups in total. The van der Waals surface area contributed by atoms with Crippen molar-refractivity contribution in [2.24, 2.45) is 57.5 Å². The van der Waals surface area contributed by atoms with E-state index >= 15 is 4.79 Å². The van der Waals surface area contributed by atoms with Gasteiger partial charge in [0.25, 0.3) is 0 Å². The van der Waals surface area contributed by atoms with Gasteiger partial charge in [-0.1, -0.05) is 106 Å². The van der Waals surface area contributed by atoms with Gasteiger partial charge in [0.2, 0.25) is 65.0 Å². The minimum atomic E-state index is -2.57. The molecule has 0 spiro atoms. The largest absolute Gasteiger partial charge is 0.453 e. The Hall–Kier alpha value is -8.07. The lowest BCUT2D eigenvalue weighted by Crippen LogP contribution is -2.64. The Morgan fingerprint density at radius 1 is 0.644 bits per heavy atom. The van der Waals surface area contributed by atoms with Crippen LogP contribution in [-0.2, 0) is 62.3 Å². The molecule has 32 nitrogen and oxygen atoms in total. The zero-order chi connectivity index (χ0) is 68.4. The van der Waals surface area contributed by atoms with Crippen molar-refractivity contribution in [3.8, 4) is 0 Å². The number of esters is 1. The molecule has 32 heteroatoms. The molecule has 0 saturated carbocycles. The average molecular weight is 1280 g/mol. The standard InChI is InChI=1S/C58H97N15O17/c1-12-30(10)39-53(85)71-40(31(11)75)52(84)64-24-38(76)69-42(45(78)47(60)79)55(87)68-37(25-74)57(89)90-46(32-17-14-13-15-18-32)43(73-51(83)36(23-28(6)7)66-48(80)33(59)21-26(2)3)56(88)72-41(44(77)29(8)9)54(86)67-35(22-27(4)5)50(82)65-34(49(81)70-39)19-16-20-63-58(61)62/h13-15,17-18,26-31,33-37,39-46,74-75,77-78H,12,16,19-25,59H2,1-11H3,(H2,60,79)(H,64,84)(H,65,82)(H,66,80)(H,67,86)(H,68,87)(H,69,76)(H,70,81)(H,71,85)(H,72,88)(H,73,83)(H4,61,62,63)/t30-,31-,33+,34+,35-,36-,37-,39-,40-,41-,42-,43-,44+,45-,46?/m0/s1. The summed E-state index contributed by atoms with van der Waals surface area (Å²) in [5.74, 6) is -17.2. The van der Waals surface area contributed by atoms with Crippen LogP contribution < -0.4 is 76.1 Å². The van der Waals surface area contributed by atoms with Gasteiger partial charge in [-0.3, -0.25) is 57.7 Å². The van der Waals surface area contributed by atoms with Crippen molar-refractivity contribution >= 4 is 76.9 Å². The molecular weight excluding hydrogens is 1180 g/mol. The molecule has 1 unspecified atom stereocenters. The number of aliphatic hydroxyl groups excluding tert-OH is 4. The smallest absolute Gasteiger partial charge is 0.331 e. The number of cyclic esters (lactones) is 1. The number of nitrogens with two attached hydrogens (primary N) is 4. The second kappa shape index (κ2) is 37.8. The number of aliphatic hydroxyl groups is 4. The summed E-state index contributed by atoms with van der Waals surface area (Å²) in [4.78, 5) is 174. The molecule has 506 valence electrons. The molecule has 0 aromatic heterocycles. The Bertz CT molecular complexity index is 2640. The molecule has 1 heterocycles. The van der Waals surface area contributed by atoms with E-state index in [4.69, 9.17) is 27.7 Å². The average Bonchev–Trinajstić information content (AvgIpc) is 1.47. The molecule has 90 heavy (non-hydrogen) atoms. The van der Waals surface area contributed by atoms with Crippen molar-refractivity contribution in [1.29, 1.82) is 0 Å². The number of guanidine groups is 1. The fourth-order valence-corrected chi connectivity index (χ4v) is 9.25. The van der Waals surface area contributed by atoms with Gasteiger partial charge >= 0.3 is 5.97 Å². The number of amides is 11. The van der Waals surface area contributed by atoms with Crippen LogP contribution in [0, 0.1) is 29.6 Å². The van der Waals surface area contributed by atoms with Crippen LogP contribution in [0.25, 0.3) is 0 Å². The van der Waals surface area contributed by atoms with Crippen molar-refractivity contribution in [2.45, 2.75) is 200 Å². The fraction of sp³-hybridized carbons (Fsp3) is 0.672. The van der Waals surface area contributed by atoms with Crippen molar-refractivity contribution in [3.05, 3.63) is 35.9 Å². The zero-order valence-corrected chi connectivity index (χ0v) is 53.1. The third-order valence-corrected chi connectivity index (χ3v) is 14.4. The number of nitrogens with zero attached hydrogens (tertiary/aromatic N) is 1. The minimum absolute atomic E-state index is 0.0466. The number of nitrogens with one attached hydrogen (secondary N) is 10. The van der Waals surface area contributed by atoms with Gasteiger partial charge in [-0.15, -0.1) is 0 Å². The van der Waals surface area contributed by atoms with Gasteiger partial charge in [0.05, 0.1) is 31.4 Å². The molecule has 1 aliphatic rings. The quantitative estimate of drug-likeness (QED) is 0.0210. The molecule has 11 amide bonds. The Balaban J connectivity index is 3.13. The SMILES string of the molecule is CC[C@H](C)[C@@H]1NC(=O)[C@@H](CCCN=C(N)N)NC(=O)[C@H](CC(C)C)NC(=O)[C@H]([C@H](O)C(C)C)NC(=O)[C@@H](NC(=O)[C@H](CC(C)C)NC(=O)[C@H](N)CC(C)C)C(c2ccccc2)OC(=O)[C@H](CO)NC(=O)[C@H]([C@H](O)C(N)=O)NC(=O)CNC(=O)[C@H]([C@H](C)O)NC1=O. The van der Waals surface area contributed by atoms with Crippen molar-refractivity contribution in [2.75, 3.05) is 19.7 Å². The molecule has 0 radical (unpaired) electrons. The number of benzene rings is 1. The van der Waals surface area contributed by atoms with Gasteiger partial charge in [-0.05, 0) is 74.2 Å². The Kier molecular flexibility index (Phi) is 32.8. The summed E-state index contributed by atoms with van der Waals surface area (Å²) in [7, 11) is 0. The van der Waals surface area contributed by atoms with E-state index in [0.29, 0.717) is 0 Å². The highest BCUT2D eigenvalue weighted by atomic mass is 16.5. The van der Waals surface area contributed by atoms with Crippen LogP contribution in [0.2, 0.25) is 0 Å². The lowest BCUT2D eigenvalue weighted by atomic mass is 9.95. The van der Waals surface area contributed by atoms with E-state index in [1.54, 1.807) is 41.5 Å². The highest BCUT2D eigenvalue weighted by Crippen LogP contribution is 2.25. The molecular formula is C58H97N15O17. The van der Waals surface area contributed by atoms with Gasteiger partial charge in [0.1, 0.15) is 48.3 Å². The van der Waals surface area contributed by atoms with E-state index < -0.39 is 181 Å². The maximum Gasteiger partial charge on any atom is 0.331 e. The number of hydrogen-bond acceptors (Lipinski definition) is 19. The number of carbonyl (C=O) groups is 12. The first-order valence-corrected chi connectivity index (χ1v) is 30.1. The molecule has 15 atom stereocenters. The first-order chi connectivity index (χ1) is 42.0. The third-order valence-electron chi connectivity index (χ3n) is 14.4. The van der Waals surface area contributed by atoms with Crippen LogP contribution in [-0.4, -0.2) is 196 Å². The first kappa shape index (κ1) is 78.0. The number of ether oxygens (including phenoxy) is 1. The molecule has 1 aromatic rings. The van der Waals surface area contributed by atoms with Crippen LogP contribution in [0.5, 0.6) is 0 Å². The van der Waals surface area contributed by atoms with Crippen LogP contribution in [0.1, 0.15) is 126 Å². The second-order valence-electron chi connectivity index (χ2n) is 24.1. The monoisotopic (exact) mass is 1280 g/mol. The highest BCUT2D eigenvalue weighted by Gasteiger charge is 2.44. The number of rotatable bonds is 23. The van der Waals surface area contributed by atoms with E-state index in [9.17, 15) is 73.2 Å². The predicted octanol–water partition coefficient (Wildman–Crippen LogP) is -5.43. The van der Waals surface area contributed by atoms with Crippen molar-refractivity contribution in [3.63, 3.8) is 0 Å². The molecule has 0 bridgehead atoms. The number of carbonyl (C=O) groups excluding carboxylic acids is 12. The van der Waals surface area contributed by atoms with Crippen LogP contribution >= 0.6 is 0 Å². The summed E-state index contributed by atoms with van der Waals surface area (Å²) >= 11 is 0. The second-order valence-corrected chi connectivity index (χ2v) is 24.1. The summed E-state index contributed by atoms with van der Waals surface area (Å²) in [6, 6.07) is -10.7. The lowest BCUT2D eigenvalue weighted by Gasteiger charge is -2.34. The van der Waals surface area contributed by atoms with Crippen molar-refractivity contribution in [1.82, 2.24) is 53.2 Å². The summed E-state index contributed by atoms with van der Waals surface area (Å²) in [5.41, 5.74) is 22.6. The van der Waals surface area contributed by atoms with Gasteiger partial charge < -0.3 is 101 Å². The van der Waals surface area contributed by atoms with E-state index in [1.807, 2.05) is 24.5 Å². The van der Waals surface area contributed by atoms with Crippen LogP contribution in [0.3, 0.4) is 0 Å². The molecule has 1 fully saturated rings. The Labute approximate surface area is 523 Å². The molecule has 1 aliphatic heterocycles. The maximum atomic E-state index is 15.3. The van der Waals surface area contributed by atoms with Gasteiger partial charge in [-0.2, -0.15) is 0 Å². The molecule has 2 rings (SSSR count). The van der Waals surface area contributed by atoms with E-state index in [1.165, 1.54) is 44.2 Å². The fourth-order valence-electron chi connectivity index (χ4n) is 9.25. The number of primary amides is 1. The Morgan fingerprint density at radius 3 is 1.72 bits per heavy atom. The molecule has 0 aliphatic carbocycles. The number of aliphatic imine (C=N–C) groups is 1. The summed E-state index contributed by atoms with van der Waals surface area (Å²) in [6.07, 6.45) is -8.04.